The van der Waals surface area contributed by atoms with Gasteiger partial charge in [-0.25, -0.2) is 4.39 Å². The summed E-state index contributed by atoms with van der Waals surface area (Å²) in [6.45, 7) is 1.79. The molecule has 0 radical (unpaired) electrons. The molecule has 1 aromatic heterocycles. The Hall–Kier alpha value is -2.74. The average molecular weight is 331 g/mol. The van der Waals surface area contributed by atoms with Crippen LogP contribution in [0, 0.1) is 5.82 Å². The van der Waals surface area contributed by atoms with E-state index in [0.29, 0.717) is 0 Å². The maximum Gasteiger partial charge on any atom is 0.276 e. The topological polar surface area (TPSA) is 102 Å². The van der Waals surface area contributed by atoms with Crippen molar-refractivity contribution in [3.63, 3.8) is 0 Å². The summed E-state index contributed by atoms with van der Waals surface area (Å²) >= 11 is 0. The molecule has 0 saturated carbocycles. The third kappa shape index (κ3) is 3.43. The molecule has 24 heavy (non-hydrogen) atoms. The molecule has 7 nitrogen and oxygen atoms in total. The zero-order valence-corrected chi connectivity index (χ0v) is 13.0. The first-order valence-corrected chi connectivity index (χ1v) is 7.71. The van der Waals surface area contributed by atoms with Crippen LogP contribution in [0.15, 0.2) is 30.5 Å². The summed E-state index contributed by atoms with van der Waals surface area (Å²) in [6.07, 6.45) is 3.78. The second-order valence-electron chi connectivity index (χ2n) is 5.69. The number of benzene rings is 1. The Morgan fingerprint density at radius 1 is 1.38 bits per heavy atom. The van der Waals surface area contributed by atoms with E-state index in [2.05, 4.69) is 15.7 Å². The summed E-state index contributed by atoms with van der Waals surface area (Å²) in [5.74, 6) is -1.89. The molecule has 1 aliphatic heterocycles. The number of carbonyl (C=O) groups is 2. The van der Waals surface area contributed by atoms with Crippen LogP contribution in [-0.2, 0) is 0 Å². The summed E-state index contributed by atoms with van der Waals surface area (Å²) in [6, 6.07) is 5.34. The molecule has 1 aliphatic rings. The van der Waals surface area contributed by atoms with Gasteiger partial charge in [0.1, 0.15) is 5.82 Å². The standard InChI is InChI=1S/C16H18FN5O2/c17-12-4-3-10(15(18)23)8-14(12)20-16(24)13-5-7-22(21-13)11-2-1-6-19-9-11/h3-5,7-8,11,19H,1-2,6,9H2,(H2,18,23)(H,20,24). The second-order valence-corrected chi connectivity index (χ2v) is 5.69. The van der Waals surface area contributed by atoms with Gasteiger partial charge >= 0.3 is 0 Å². The fraction of sp³-hybridized carbons (Fsp3) is 0.312. The van der Waals surface area contributed by atoms with Crippen LogP contribution in [0.3, 0.4) is 0 Å². The molecule has 1 unspecified atom stereocenters. The van der Waals surface area contributed by atoms with Crippen molar-refractivity contribution >= 4 is 17.5 Å². The monoisotopic (exact) mass is 331 g/mol. The highest BCUT2D eigenvalue weighted by Gasteiger charge is 2.18. The number of piperidine rings is 1. The van der Waals surface area contributed by atoms with E-state index in [9.17, 15) is 14.0 Å². The van der Waals surface area contributed by atoms with Gasteiger partial charge in [0.15, 0.2) is 5.69 Å². The van der Waals surface area contributed by atoms with Crippen molar-refractivity contribution in [3.8, 4) is 0 Å². The Kier molecular flexibility index (Phi) is 4.57. The van der Waals surface area contributed by atoms with Gasteiger partial charge in [-0.3, -0.25) is 14.3 Å². The molecule has 0 aliphatic carbocycles. The highest BCUT2D eigenvalue weighted by atomic mass is 19.1. The summed E-state index contributed by atoms with van der Waals surface area (Å²) < 4.78 is 15.6. The molecule has 2 heterocycles. The zero-order valence-electron chi connectivity index (χ0n) is 13.0. The van der Waals surface area contributed by atoms with Crippen LogP contribution in [0.5, 0.6) is 0 Å². The number of halogens is 1. The van der Waals surface area contributed by atoms with Crippen LogP contribution in [0.25, 0.3) is 0 Å². The number of hydrogen-bond donors (Lipinski definition) is 3. The van der Waals surface area contributed by atoms with Crippen molar-refractivity contribution in [2.24, 2.45) is 5.73 Å². The van der Waals surface area contributed by atoms with E-state index in [1.165, 1.54) is 12.1 Å². The third-order valence-electron chi connectivity index (χ3n) is 3.99. The number of nitrogens with two attached hydrogens (primary N) is 1. The van der Waals surface area contributed by atoms with Crippen molar-refractivity contribution in [2.45, 2.75) is 18.9 Å². The molecule has 8 heteroatoms. The molecule has 3 rings (SSSR count). The van der Waals surface area contributed by atoms with Crippen LogP contribution in [-0.4, -0.2) is 34.7 Å². The summed E-state index contributed by atoms with van der Waals surface area (Å²) in [7, 11) is 0. The van der Waals surface area contributed by atoms with Crippen molar-refractivity contribution in [1.29, 1.82) is 0 Å². The van der Waals surface area contributed by atoms with Gasteiger partial charge in [0.05, 0.1) is 11.7 Å². The second kappa shape index (κ2) is 6.79. The fourth-order valence-corrected chi connectivity index (χ4v) is 2.68. The lowest BCUT2D eigenvalue weighted by Gasteiger charge is -2.22. The number of nitrogens with one attached hydrogen (secondary N) is 2. The Balaban J connectivity index is 1.74. The van der Waals surface area contributed by atoms with Gasteiger partial charge in [0, 0.05) is 18.3 Å². The Bertz CT molecular complexity index is 768. The predicted molar refractivity (Wildman–Crippen MR) is 86.2 cm³/mol. The van der Waals surface area contributed by atoms with E-state index in [4.69, 9.17) is 5.73 Å². The van der Waals surface area contributed by atoms with Gasteiger partial charge in [-0.05, 0) is 43.7 Å². The van der Waals surface area contributed by atoms with E-state index >= 15 is 0 Å². The molecular formula is C16H18FN5O2. The number of carbonyl (C=O) groups excluding carboxylic acids is 2. The number of anilines is 1. The lowest BCUT2D eigenvalue weighted by Crippen LogP contribution is -2.32. The fourth-order valence-electron chi connectivity index (χ4n) is 2.68. The van der Waals surface area contributed by atoms with E-state index in [1.807, 2.05) is 0 Å². The Labute approximate surface area is 138 Å². The minimum absolute atomic E-state index is 0.106. The van der Waals surface area contributed by atoms with Crippen LogP contribution in [0.4, 0.5) is 10.1 Å². The minimum Gasteiger partial charge on any atom is -0.366 e. The first-order valence-electron chi connectivity index (χ1n) is 7.71. The zero-order chi connectivity index (χ0) is 17.1. The molecule has 4 N–H and O–H groups in total. The highest BCUT2D eigenvalue weighted by molar-refractivity contribution is 6.03. The maximum absolute atomic E-state index is 13.8. The molecular weight excluding hydrogens is 313 g/mol. The van der Waals surface area contributed by atoms with Crippen molar-refractivity contribution in [3.05, 3.63) is 47.5 Å². The molecule has 0 spiro atoms. The highest BCUT2D eigenvalue weighted by Crippen LogP contribution is 2.18. The summed E-state index contributed by atoms with van der Waals surface area (Å²) in [5.41, 5.74) is 5.36. The normalized spacial score (nSPS) is 17.5. The van der Waals surface area contributed by atoms with Gasteiger partial charge in [0.2, 0.25) is 5.91 Å². The van der Waals surface area contributed by atoms with Crippen LogP contribution in [0.1, 0.15) is 39.7 Å². The van der Waals surface area contributed by atoms with Crippen LogP contribution < -0.4 is 16.4 Å². The molecule has 1 fully saturated rings. The molecule has 0 bridgehead atoms. The van der Waals surface area contributed by atoms with Crippen molar-refractivity contribution < 1.29 is 14.0 Å². The number of primary amides is 1. The van der Waals surface area contributed by atoms with Gasteiger partial charge < -0.3 is 16.4 Å². The first-order chi connectivity index (χ1) is 11.5. The van der Waals surface area contributed by atoms with Gasteiger partial charge in [-0.15, -0.1) is 0 Å². The molecule has 2 aromatic rings. The van der Waals surface area contributed by atoms with Crippen LogP contribution >= 0.6 is 0 Å². The van der Waals surface area contributed by atoms with Crippen molar-refractivity contribution in [1.82, 2.24) is 15.1 Å². The third-order valence-corrected chi connectivity index (χ3v) is 3.99. The van der Waals surface area contributed by atoms with E-state index in [-0.39, 0.29) is 23.0 Å². The molecule has 1 saturated heterocycles. The molecule has 126 valence electrons. The lowest BCUT2D eigenvalue weighted by molar-refractivity contribution is 0.0995. The predicted octanol–water partition coefficient (Wildman–Crippen LogP) is 1.30. The molecule has 2 amide bonds. The largest absolute Gasteiger partial charge is 0.366 e. The van der Waals surface area contributed by atoms with E-state index in [0.717, 1.165) is 32.0 Å². The van der Waals surface area contributed by atoms with E-state index in [1.54, 1.807) is 16.9 Å². The quantitative estimate of drug-likeness (QED) is 0.786. The lowest BCUT2D eigenvalue weighted by atomic mass is 10.1. The number of nitrogens with zero attached hydrogens (tertiary/aromatic N) is 2. The molecule has 1 aromatic carbocycles. The number of aromatic nitrogens is 2. The SMILES string of the molecule is NC(=O)c1ccc(F)c(NC(=O)c2ccn(C3CCCNC3)n2)c1. The van der Waals surface area contributed by atoms with Gasteiger partial charge in [-0.1, -0.05) is 0 Å². The van der Waals surface area contributed by atoms with Crippen molar-refractivity contribution in [2.75, 3.05) is 18.4 Å². The Morgan fingerprint density at radius 2 is 2.21 bits per heavy atom. The maximum atomic E-state index is 13.8. The summed E-state index contributed by atoms with van der Waals surface area (Å²) in [5, 5.41) is 9.97. The first kappa shape index (κ1) is 16.1. The average Bonchev–Trinajstić information content (AvgIpc) is 3.07. The summed E-state index contributed by atoms with van der Waals surface area (Å²) in [4.78, 5) is 23.4. The molecule has 1 atom stereocenters. The minimum atomic E-state index is -0.695. The van der Waals surface area contributed by atoms with Gasteiger partial charge in [-0.2, -0.15) is 5.10 Å². The smallest absolute Gasteiger partial charge is 0.276 e. The van der Waals surface area contributed by atoms with E-state index < -0.39 is 17.6 Å². The number of amides is 2. The number of rotatable bonds is 4. The van der Waals surface area contributed by atoms with Gasteiger partial charge in [0.25, 0.3) is 5.91 Å². The number of hydrogen-bond acceptors (Lipinski definition) is 4. The Morgan fingerprint density at radius 3 is 2.92 bits per heavy atom. The van der Waals surface area contributed by atoms with Crippen LogP contribution in [0.2, 0.25) is 0 Å².